The van der Waals surface area contributed by atoms with Gasteiger partial charge < -0.3 is 10.5 Å². The minimum Gasteiger partial charge on any atom is -0.497 e. The van der Waals surface area contributed by atoms with Crippen molar-refractivity contribution in [1.29, 1.82) is 0 Å². The van der Waals surface area contributed by atoms with E-state index in [9.17, 15) is 8.42 Å². The van der Waals surface area contributed by atoms with Gasteiger partial charge in [0.25, 0.3) is 0 Å². The van der Waals surface area contributed by atoms with Crippen LogP contribution in [0.5, 0.6) is 5.75 Å². The minimum atomic E-state index is -3.71. The zero-order valence-corrected chi connectivity index (χ0v) is 14.5. The largest absolute Gasteiger partial charge is 0.497 e. The van der Waals surface area contributed by atoms with Gasteiger partial charge in [-0.2, -0.15) is 0 Å². The summed E-state index contributed by atoms with van der Waals surface area (Å²) in [6.45, 7) is 2.29. The second kappa shape index (κ2) is 9.48. The molecule has 0 saturated carbocycles. The van der Waals surface area contributed by atoms with E-state index in [4.69, 9.17) is 22.1 Å². The van der Waals surface area contributed by atoms with Crippen LogP contribution in [0.2, 0.25) is 5.02 Å². The molecule has 0 spiro atoms. The SMILES string of the molecule is CCCCC(CN)NS(=O)(=O)c1cc(OC)ccc1Cl.Cl. The molecular weight excluding hydrogens is 335 g/mol. The predicted octanol–water partition coefficient (Wildman–Crippen LogP) is 2.57. The maximum atomic E-state index is 12.3. The zero-order chi connectivity index (χ0) is 15.2. The average Bonchev–Trinajstić information content (AvgIpc) is 2.43. The summed E-state index contributed by atoms with van der Waals surface area (Å²) in [5, 5.41) is 0.157. The van der Waals surface area contributed by atoms with Crippen LogP contribution in [0, 0.1) is 0 Å². The van der Waals surface area contributed by atoms with Gasteiger partial charge in [0, 0.05) is 18.7 Å². The number of benzene rings is 1. The number of halogens is 2. The van der Waals surface area contributed by atoms with Gasteiger partial charge in [0.1, 0.15) is 10.6 Å². The molecule has 21 heavy (non-hydrogen) atoms. The first-order valence-electron chi connectivity index (χ1n) is 6.50. The van der Waals surface area contributed by atoms with Gasteiger partial charge in [-0.3, -0.25) is 0 Å². The van der Waals surface area contributed by atoms with Crippen molar-refractivity contribution in [3.63, 3.8) is 0 Å². The molecular formula is C13H22Cl2N2O3S. The molecule has 1 aromatic carbocycles. The zero-order valence-electron chi connectivity index (χ0n) is 12.1. The Hall–Kier alpha value is -0.530. The van der Waals surface area contributed by atoms with E-state index in [2.05, 4.69) is 4.72 Å². The molecule has 0 amide bonds. The Balaban J connectivity index is 0.00000400. The van der Waals surface area contributed by atoms with Crippen LogP contribution in [0.3, 0.4) is 0 Å². The summed E-state index contributed by atoms with van der Waals surface area (Å²) >= 11 is 5.96. The van der Waals surface area contributed by atoms with Gasteiger partial charge in [-0.1, -0.05) is 31.4 Å². The van der Waals surface area contributed by atoms with E-state index in [1.807, 2.05) is 6.92 Å². The molecule has 0 bridgehead atoms. The molecule has 1 unspecified atom stereocenters. The first-order chi connectivity index (χ1) is 9.44. The highest BCUT2D eigenvalue weighted by Gasteiger charge is 2.22. The highest BCUT2D eigenvalue weighted by atomic mass is 35.5. The third kappa shape index (κ3) is 6.00. The molecule has 0 saturated heterocycles. The molecule has 3 N–H and O–H groups in total. The van der Waals surface area contributed by atoms with E-state index >= 15 is 0 Å². The number of ether oxygens (including phenoxy) is 1. The first kappa shape index (κ1) is 20.5. The Morgan fingerprint density at radius 3 is 2.62 bits per heavy atom. The van der Waals surface area contributed by atoms with Crippen molar-refractivity contribution < 1.29 is 13.2 Å². The Bertz CT molecular complexity index is 538. The second-order valence-corrected chi connectivity index (χ2v) is 6.58. The lowest BCUT2D eigenvalue weighted by atomic mass is 10.1. The highest BCUT2D eigenvalue weighted by Crippen LogP contribution is 2.26. The monoisotopic (exact) mass is 356 g/mol. The summed E-state index contributed by atoms with van der Waals surface area (Å²) in [4.78, 5) is 0.00784. The summed E-state index contributed by atoms with van der Waals surface area (Å²) < 4.78 is 32.3. The molecule has 0 aliphatic heterocycles. The molecule has 0 radical (unpaired) electrons. The highest BCUT2D eigenvalue weighted by molar-refractivity contribution is 7.89. The second-order valence-electron chi connectivity index (χ2n) is 4.49. The summed E-state index contributed by atoms with van der Waals surface area (Å²) in [7, 11) is -2.24. The number of methoxy groups -OCH3 is 1. The Morgan fingerprint density at radius 2 is 2.10 bits per heavy atom. The van der Waals surface area contributed by atoms with Crippen molar-refractivity contribution in [2.75, 3.05) is 13.7 Å². The van der Waals surface area contributed by atoms with Gasteiger partial charge in [0.05, 0.1) is 12.1 Å². The third-order valence-electron chi connectivity index (χ3n) is 2.94. The first-order valence-corrected chi connectivity index (χ1v) is 8.36. The quantitative estimate of drug-likeness (QED) is 0.749. The maximum absolute atomic E-state index is 12.3. The van der Waals surface area contributed by atoms with Crippen molar-refractivity contribution in [1.82, 2.24) is 4.72 Å². The van der Waals surface area contributed by atoms with Crippen molar-refractivity contribution in [2.45, 2.75) is 37.1 Å². The molecule has 122 valence electrons. The normalized spacial score (nSPS) is 12.6. The van der Waals surface area contributed by atoms with E-state index in [1.54, 1.807) is 6.07 Å². The smallest absolute Gasteiger partial charge is 0.242 e. The molecule has 5 nitrogen and oxygen atoms in total. The topological polar surface area (TPSA) is 81.4 Å². The van der Waals surface area contributed by atoms with Crippen LogP contribution in [-0.4, -0.2) is 28.1 Å². The van der Waals surface area contributed by atoms with Gasteiger partial charge in [-0.15, -0.1) is 12.4 Å². The van der Waals surface area contributed by atoms with Crippen LogP contribution in [-0.2, 0) is 10.0 Å². The molecule has 0 fully saturated rings. The Morgan fingerprint density at radius 1 is 1.43 bits per heavy atom. The summed E-state index contributed by atoms with van der Waals surface area (Å²) in [6.07, 6.45) is 2.60. The van der Waals surface area contributed by atoms with E-state index in [0.717, 1.165) is 12.8 Å². The van der Waals surface area contributed by atoms with Gasteiger partial charge in [0.15, 0.2) is 0 Å². The van der Waals surface area contributed by atoms with E-state index in [0.29, 0.717) is 12.2 Å². The molecule has 0 aliphatic rings. The fourth-order valence-corrected chi connectivity index (χ4v) is 3.57. The van der Waals surface area contributed by atoms with Gasteiger partial charge >= 0.3 is 0 Å². The van der Waals surface area contributed by atoms with Gasteiger partial charge in [-0.25, -0.2) is 13.1 Å². The average molecular weight is 357 g/mol. The lowest BCUT2D eigenvalue weighted by Gasteiger charge is -2.17. The van der Waals surface area contributed by atoms with Crippen LogP contribution in [0.1, 0.15) is 26.2 Å². The number of hydrogen-bond donors (Lipinski definition) is 2. The lowest BCUT2D eigenvalue weighted by molar-refractivity contribution is 0.413. The number of nitrogens with one attached hydrogen (secondary N) is 1. The summed E-state index contributed by atoms with van der Waals surface area (Å²) in [6, 6.07) is 4.22. The number of hydrogen-bond acceptors (Lipinski definition) is 4. The predicted molar refractivity (Wildman–Crippen MR) is 87.9 cm³/mol. The number of sulfonamides is 1. The van der Waals surface area contributed by atoms with Crippen LogP contribution < -0.4 is 15.2 Å². The summed E-state index contributed by atoms with van der Waals surface area (Å²) in [5.74, 6) is 0.438. The Kier molecular flexibility index (Phi) is 9.24. The minimum absolute atomic E-state index is 0. The van der Waals surface area contributed by atoms with Gasteiger partial charge in [-0.05, 0) is 18.6 Å². The summed E-state index contributed by atoms with van der Waals surface area (Å²) in [5.41, 5.74) is 5.61. The van der Waals surface area contributed by atoms with Crippen molar-refractivity contribution in [3.8, 4) is 5.75 Å². The van der Waals surface area contributed by atoms with Crippen molar-refractivity contribution in [3.05, 3.63) is 23.2 Å². The van der Waals surface area contributed by atoms with Gasteiger partial charge in [0.2, 0.25) is 10.0 Å². The molecule has 1 atom stereocenters. The number of unbranched alkanes of at least 4 members (excludes halogenated alkanes) is 1. The van der Waals surface area contributed by atoms with Crippen LogP contribution in [0.4, 0.5) is 0 Å². The fourth-order valence-electron chi connectivity index (χ4n) is 1.77. The van der Waals surface area contributed by atoms with E-state index in [1.165, 1.54) is 19.2 Å². The Labute approximate surface area is 137 Å². The number of nitrogens with two attached hydrogens (primary N) is 1. The molecule has 1 aromatic rings. The van der Waals surface area contributed by atoms with Crippen molar-refractivity contribution in [2.24, 2.45) is 5.73 Å². The lowest BCUT2D eigenvalue weighted by Crippen LogP contribution is -2.40. The standard InChI is InChI=1S/C13H21ClN2O3S.ClH/c1-3-4-5-10(9-15)16-20(17,18)13-8-11(19-2)6-7-12(13)14;/h6-8,10,16H,3-5,9,15H2,1-2H3;1H. The third-order valence-corrected chi connectivity index (χ3v) is 4.94. The van der Waals surface area contributed by atoms with E-state index in [-0.39, 0.29) is 34.9 Å². The van der Waals surface area contributed by atoms with Crippen LogP contribution in [0.15, 0.2) is 23.1 Å². The van der Waals surface area contributed by atoms with E-state index < -0.39 is 10.0 Å². The fraction of sp³-hybridized carbons (Fsp3) is 0.538. The molecule has 0 aliphatic carbocycles. The van der Waals surface area contributed by atoms with Crippen LogP contribution >= 0.6 is 24.0 Å². The molecule has 0 aromatic heterocycles. The maximum Gasteiger partial charge on any atom is 0.242 e. The van der Waals surface area contributed by atoms with Crippen molar-refractivity contribution >= 4 is 34.0 Å². The van der Waals surface area contributed by atoms with Crippen LogP contribution in [0.25, 0.3) is 0 Å². The molecule has 0 heterocycles. The molecule has 1 rings (SSSR count). The number of rotatable bonds is 8. The molecule has 8 heteroatoms.